The van der Waals surface area contributed by atoms with Crippen molar-refractivity contribution in [1.82, 2.24) is 9.55 Å². The molecular weight excluding hydrogens is 544 g/mol. The number of halogens is 1. The van der Waals surface area contributed by atoms with E-state index in [1.54, 1.807) is 62.4 Å². The van der Waals surface area contributed by atoms with E-state index in [4.69, 9.17) is 18.5 Å². The molecule has 212 valence electrons. The van der Waals surface area contributed by atoms with Gasteiger partial charge in [-0.15, -0.1) is 0 Å². The van der Waals surface area contributed by atoms with Crippen molar-refractivity contribution in [1.29, 1.82) is 0 Å². The van der Waals surface area contributed by atoms with Crippen molar-refractivity contribution in [2.45, 2.75) is 38.5 Å². The molecule has 0 bridgehead atoms. The molecule has 2 aromatic carbocycles. The largest absolute Gasteiger partial charge is 0.453 e. The predicted octanol–water partition coefficient (Wildman–Crippen LogP) is 4.22. The fourth-order valence-corrected chi connectivity index (χ4v) is 5.99. The molecule has 0 aliphatic carbocycles. The van der Waals surface area contributed by atoms with Crippen LogP contribution in [-0.2, 0) is 23.1 Å². The number of anilines is 1. The number of hydrogen-bond acceptors (Lipinski definition) is 9. The van der Waals surface area contributed by atoms with Crippen LogP contribution in [0.2, 0.25) is 0 Å². The van der Waals surface area contributed by atoms with Crippen molar-refractivity contribution in [2.75, 3.05) is 24.7 Å². The van der Waals surface area contributed by atoms with E-state index in [2.05, 4.69) is 10.3 Å². The number of benzene rings is 2. The van der Waals surface area contributed by atoms with E-state index in [9.17, 15) is 18.9 Å². The minimum absolute atomic E-state index is 0.0516. The van der Waals surface area contributed by atoms with Crippen LogP contribution in [-0.4, -0.2) is 59.2 Å². The Morgan fingerprint density at radius 3 is 2.17 bits per heavy atom. The van der Waals surface area contributed by atoms with Gasteiger partial charge in [0.2, 0.25) is 0 Å². The van der Waals surface area contributed by atoms with Gasteiger partial charge in [0, 0.05) is 11.8 Å². The molecule has 13 heteroatoms. The molecule has 4 atom stereocenters. The zero-order chi connectivity index (χ0) is 28.7. The number of carbonyl (C=O) groups is 2. The Kier molecular flexibility index (Phi) is 9.59. The molecule has 4 rings (SSSR count). The van der Waals surface area contributed by atoms with Gasteiger partial charge in [-0.3, -0.25) is 13.9 Å². The molecule has 3 aromatic rings. The Balaban J connectivity index is 1.59. The molecule has 1 saturated heterocycles. The molecule has 40 heavy (non-hydrogen) atoms. The Bertz CT molecular complexity index is 1410. The summed E-state index contributed by atoms with van der Waals surface area (Å²) in [5.41, 5.74) is -0.396. The van der Waals surface area contributed by atoms with E-state index in [1.165, 1.54) is 24.4 Å². The number of nitrogens with one attached hydrogen (secondary N) is 1. The highest BCUT2D eigenvalue weighted by atomic mass is 31.2. The van der Waals surface area contributed by atoms with Gasteiger partial charge in [0.15, 0.2) is 18.5 Å². The van der Waals surface area contributed by atoms with E-state index in [1.807, 2.05) is 0 Å². The van der Waals surface area contributed by atoms with Crippen LogP contribution in [0.25, 0.3) is 0 Å². The number of alkyl halides is 1. The molecule has 2 heterocycles. The molecule has 1 unspecified atom stereocenters. The first kappa shape index (κ1) is 29.3. The highest BCUT2D eigenvalue weighted by molar-refractivity contribution is 7.53. The van der Waals surface area contributed by atoms with E-state index >= 15 is 4.39 Å². The topological polar surface area (TPSA) is 135 Å². The molecule has 0 saturated carbocycles. The Morgan fingerprint density at radius 1 is 1.00 bits per heavy atom. The summed E-state index contributed by atoms with van der Waals surface area (Å²) in [6.45, 7) is 3.36. The molecule has 1 N–H and O–H groups in total. The second-order valence-electron chi connectivity index (χ2n) is 8.70. The van der Waals surface area contributed by atoms with Crippen LogP contribution in [0.15, 0.2) is 77.7 Å². The number of nitrogens with zero attached hydrogens (tertiary/aromatic N) is 2. The second kappa shape index (κ2) is 13.1. The summed E-state index contributed by atoms with van der Waals surface area (Å²) < 4.78 is 52.0. The molecular formula is C27H29FN3O8P. The third kappa shape index (κ3) is 6.89. The summed E-state index contributed by atoms with van der Waals surface area (Å²) in [5.74, 6) is -1.36. The number of ether oxygens (including phenoxy) is 2. The Hall–Kier alpha value is -3.70. The van der Waals surface area contributed by atoms with Gasteiger partial charge in [-0.05, 0) is 44.2 Å². The predicted molar refractivity (Wildman–Crippen MR) is 143 cm³/mol. The number of amides is 1. The van der Waals surface area contributed by atoms with Gasteiger partial charge in [0.25, 0.3) is 5.91 Å². The molecule has 0 spiro atoms. The lowest BCUT2D eigenvalue weighted by Crippen LogP contribution is -2.37. The van der Waals surface area contributed by atoms with E-state index in [-0.39, 0.29) is 24.6 Å². The molecule has 1 aliphatic rings. The van der Waals surface area contributed by atoms with Gasteiger partial charge >= 0.3 is 19.3 Å². The lowest BCUT2D eigenvalue weighted by atomic mass is 10.1. The molecule has 1 amide bonds. The lowest BCUT2D eigenvalue weighted by molar-refractivity contribution is -0.0237. The summed E-state index contributed by atoms with van der Waals surface area (Å²) in [4.78, 5) is 41.9. The SMILES string of the molecule is CCOP(=O)(C[C@H]1O[C@@H](n2ccc(NC(=O)c3ccccc3)nc2=O)[C@@H](F)C1OC(=O)c1ccccc1)OCC. The highest BCUT2D eigenvalue weighted by Gasteiger charge is 2.51. The molecule has 1 aromatic heterocycles. The Morgan fingerprint density at radius 2 is 1.60 bits per heavy atom. The molecule has 11 nitrogen and oxygen atoms in total. The van der Waals surface area contributed by atoms with Gasteiger partial charge in [-0.1, -0.05) is 36.4 Å². The summed E-state index contributed by atoms with van der Waals surface area (Å²) in [6.07, 6.45) is -5.66. The van der Waals surface area contributed by atoms with Gasteiger partial charge in [-0.2, -0.15) is 4.98 Å². The molecule has 1 fully saturated rings. The van der Waals surface area contributed by atoms with Crippen molar-refractivity contribution in [3.63, 3.8) is 0 Å². The third-order valence-corrected chi connectivity index (χ3v) is 8.07. The van der Waals surface area contributed by atoms with Crippen molar-refractivity contribution < 1.29 is 37.1 Å². The van der Waals surface area contributed by atoms with Gasteiger partial charge < -0.3 is 23.8 Å². The van der Waals surface area contributed by atoms with Crippen LogP contribution in [0.4, 0.5) is 10.2 Å². The van der Waals surface area contributed by atoms with Crippen LogP contribution in [0, 0.1) is 0 Å². The second-order valence-corrected chi connectivity index (χ2v) is 10.8. The summed E-state index contributed by atoms with van der Waals surface area (Å²) in [6, 6.07) is 17.6. The fraction of sp³-hybridized carbons (Fsp3) is 0.333. The minimum Gasteiger partial charge on any atom is -0.453 e. The zero-order valence-corrected chi connectivity index (χ0v) is 22.7. The van der Waals surface area contributed by atoms with Gasteiger partial charge in [0.1, 0.15) is 11.9 Å². The number of aromatic nitrogens is 2. The van der Waals surface area contributed by atoms with Crippen molar-refractivity contribution in [2.24, 2.45) is 0 Å². The number of hydrogen-bond donors (Lipinski definition) is 1. The summed E-state index contributed by atoms with van der Waals surface area (Å²) in [5, 5.41) is 2.51. The first-order valence-corrected chi connectivity index (χ1v) is 14.4. The maximum absolute atomic E-state index is 15.9. The van der Waals surface area contributed by atoms with Crippen LogP contribution >= 0.6 is 7.60 Å². The fourth-order valence-electron chi connectivity index (χ4n) is 4.18. The standard InChI is InChI=1S/C27H29FN3O8P/c1-3-36-40(35,37-4-2)17-20-23(39-26(33)19-13-9-6-10-14-19)22(28)25(38-20)31-16-15-21(30-27(31)34)29-24(32)18-11-7-5-8-12-18/h5-16,20,22-23,25H,3-4,17H2,1-2H3,(H,29,30,32,34)/t20-,22+,23?,25-/m1/s1. The zero-order valence-electron chi connectivity index (χ0n) is 21.8. The van der Waals surface area contributed by atoms with E-state index in [0.29, 0.717) is 5.56 Å². The monoisotopic (exact) mass is 573 g/mol. The van der Waals surface area contributed by atoms with E-state index in [0.717, 1.165) is 4.57 Å². The summed E-state index contributed by atoms with van der Waals surface area (Å²) >= 11 is 0. The van der Waals surface area contributed by atoms with Crippen molar-refractivity contribution >= 4 is 25.3 Å². The molecule has 0 radical (unpaired) electrons. The smallest absolute Gasteiger partial charge is 0.351 e. The average Bonchev–Trinajstić information content (AvgIpc) is 3.23. The first-order chi connectivity index (χ1) is 19.2. The maximum atomic E-state index is 15.9. The number of rotatable bonds is 11. The minimum atomic E-state index is -3.76. The summed E-state index contributed by atoms with van der Waals surface area (Å²) in [7, 11) is -3.76. The van der Waals surface area contributed by atoms with Crippen LogP contribution < -0.4 is 11.0 Å². The van der Waals surface area contributed by atoms with Crippen molar-refractivity contribution in [3.05, 3.63) is 94.5 Å². The third-order valence-electron chi connectivity index (χ3n) is 5.96. The first-order valence-electron chi connectivity index (χ1n) is 12.6. The van der Waals surface area contributed by atoms with Crippen molar-refractivity contribution in [3.8, 4) is 0 Å². The van der Waals surface area contributed by atoms with Gasteiger partial charge in [-0.25, -0.2) is 14.0 Å². The van der Waals surface area contributed by atoms with Gasteiger partial charge in [0.05, 0.1) is 24.9 Å². The van der Waals surface area contributed by atoms with Crippen LogP contribution in [0.5, 0.6) is 0 Å². The Labute approximate surface area is 229 Å². The molecule has 1 aliphatic heterocycles. The number of esters is 1. The average molecular weight is 574 g/mol. The highest BCUT2D eigenvalue weighted by Crippen LogP contribution is 2.51. The maximum Gasteiger partial charge on any atom is 0.351 e. The van der Waals surface area contributed by atoms with E-state index < -0.39 is 55.9 Å². The van der Waals surface area contributed by atoms with Crippen LogP contribution in [0.3, 0.4) is 0 Å². The number of carbonyl (C=O) groups excluding carboxylic acids is 2. The van der Waals surface area contributed by atoms with Crippen LogP contribution in [0.1, 0.15) is 40.8 Å². The quantitative estimate of drug-likeness (QED) is 0.264. The lowest BCUT2D eigenvalue weighted by Gasteiger charge is -2.24. The normalized spacial score (nSPS) is 20.7.